The molecule has 148 valence electrons. The Bertz CT molecular complexity index is 1140. The first-order valence-corrected chi connectivity index (χ1v) is 9.84. The van der Waals surface area contributed by atoms with Gasteiger partial charge in [-0.15, -0.1) is 0 Å². The average molecular weight is 388 g/mol. The largest absolute Gasteiger partial charge is 0.545 e. The van der Waals surface area contributed by atoms with Gasteiger partial charge in [0.15, 0.2) is 0 Å². The number of benzene rings is 2. The number of aromatic carboxylic acids is 1. The zero-order valence-corrected chi connectivity index (χ0v) is 16.8. The maximum Gasteiger partial charge on any atom is 0.130 e. The van der Waals surface area contributed by atoms with Crippen LogP contribution < -0.4 is 5.11 Å². The molecule has 0 bridgehead atoms. The van der Waals surface area contributed by atoms with Crippen molar-refractivity contribution in [2.45, 2.75) is 33.6 Å². The Hall–Kier alpha value is -3.01. The topological polar surface area (TPSA) is 53.0 Å². The molecule has 1 heterocycles. The predicted molar refractivity (Wildman–Crippen MR) is 112 cm³/mol. The van der Waals surface area contributed by atoms with Crippen molar-refractivity contribution in [3.05, 3.63) is 76.7 Å². The van der Waals surface area contributed by atoms with Crippen molar-refractivity contribution in [1.82, 2.24) is 4.98 Å². The van der Waals surface area contributed by atoms with Crippen molar-refractivity contribution in [1.29, 1.82) is 0 Å². The Morgan fingerprint density at radius 1 is 1.10 bits per heavy atom. The lowest BCUT2D eigenvalue weighted by Gasteiger charge is -2.37. The standard InChI is InChI=1S/C25H24FNO2/c1-25(2,3)17-13-16(12-15-8-4-6-10-20(15)26)23-19(14-17)22(24(28)29)18-9-5-7-11-21(18)27-23/h4-12,17H,13-14H2,1-3H3,(H,28,29)/p-1/b16-12+/t17-/m0/s1. The molecule has 0 spiro atoms. The number of carbonyl (C=O) groups is 1. The average Bonchev–Trinajstić information content (AvgIpc) is 2.67. The SMILES string of the molecule is CC(C)(C)[C@H]1C/C(=C\c2ccccc2F)c2nc3ccccc3c(C(=O)[O-])c2C1. The maximum atomic E-state index is 14.3. The second-order valence-corrected chi connectivity index (χ2v) is 8.78. The van der Waals surface area contributed by atoms with Gasteiger partial charge in [-0.2, -0.15) is 0 Å². The molecule has 4 heteroatoms. The number of carboxylic acid groups (broad SMARTS) is 1. The van der Waals surface area contributed by atoms with E-state index in [1.165, 1.54) is 6.07 Å². The van der Waals surface area contributed by atoms with Crippen LogP contribution in [0, 0.1) is 17.2 Å². The molecule has 29 heavy (non-hydrogen) atoms. The molecule has 2 aromatic carbocycles. The number of allylic oxidation sites excluding steroid dienone is 1. The minimum Gasteiger partial charge on any atom is -0.545 e. The lowest BCUT2D eigenvalue weighted by Crippen LogP contribution is -2.31. The molecular formula is C25H23FNO2-. The highest BCUT2D eigenvalue weighted by atomic mass is 19.1. The second kappa shape index (κ2) is 7.11. The second-order valence-electron chi connectivity index (χ2n) is 8.78. The van der Waals surface area contributed by atoms with Gasteiger partial charge in [0.05, 0.1) is 17.2 Å². The molecule has 1 aliphatic rings. The molecule has 1 atom stereocenters. The summed E-state index contributed by atoms with van der Waals surface area (Å²) in [6, 6.07) is 13.8. The predicted octanol–water partition coefficient (Wildman–Crippen LogP) is 4.89. The maximum absolute atomic E-state index is 14.3. The minimum absolute atomic E-state index is 0.0408. The van der Waals surface area contributed by atoms with E-state index >= 15 is 0 Å². The first kappa shape index (κ1) is 19.3. The van der Waals surface area contributed by atoms with Gasteiger partial charge in [0.1, 0.15) is 5.82 Å². The summed E-state index contributed by atoms with van der Waals surface area (Å²) in [4.78, 5) is 16.9. The minimum atomic E-state index is -1.19. The van der Waals surface area contributed by atoms with Crippen molar-refractivity contribution in [2.24, 2.45) is 11.3 Å². The number of carbonyl (C=O) groups excluding carboxylic acids is 1. The summed E-state index contributed by atoms with van der Waals surface area (Å²) in [5.41, 5.74) is 3.46. The van der Waals surface area contributed by atoms with Crippen LogP contribution in [0.1, 0.15) is 54.4 Å². The highest BCUT2D eigenvalue weighted by molar-refractivity contribution is 6.05. The van der Waals surface area contributed by atoms with E-state index in [-0.39, 0.29) is 22.7 Å². The van der Waals surface area contributed by atoms with Gasteiger partial charge in [0.2, 0.25) is 0 Å². The van der Waals surface area contributed by atoms with Crippen molar-refractivity contribution < 1.29 is 14.3 Å². The molecule has 0 unspecified atom stereocenters. The quantitative estimate of drug-likeness (QED) is 0.628. The van der Waals surface area contributed by atoms with E-state index in [4.69, 9.17) is 4.98 Å². The molecule has 0 saturated carbocycles. The van der Waals surface area contributed by atoms with Crippen LogP contribution in [0.3, 0.4) is 0 Å². The highest BCUT2D eigenvalue weighted by Gasteiger charge is 2.34. The summed E-state index contributed by atoms with van der Waals surface area (Å²) in [6.45, 7) is 6.45. The van der Waals surface area contributed by atoms with Crippen LogP contribution in [0.25, 0.3) is 22.6 Å². The van der Waals surface area contributed by atoms with Crippen molar-refractivity contribution in [2.75, 3.05) is 0 Å². The smallest absolute Gasteiger partial charge is 0.130 e. The molecule has 0 fully saturated rings. The molecule has 3 aromatic rings. The molecule has 0 saturated heterocycles. The molecule has 0 N–H and O–H groups in total. The lowest BCUT2D eigenvalue weighted by atomic mass is 9.69. The molecule has 0 amide bonds. The monoisotopic (exact) mass is 388 g/mol. The van der Waals surface area contributed by atoms with Crippen LogP contribution in [-0.2, 0) is 6.42 Å². The third-order valence-corrected chi connectivity index (χ3v) is 5.88. The van der Waals surface area contributed by atoms with Crippen LogP contribution in [0.5, 0.6) is 0 Å². The molecular weight excluding hydrogens is 365 g/mol. The van der Waals surface area contributed by atoms with E-state index in [2.05, 4.69) is 20.8 Å². The lowest BCUT2D eigenvalue weighted by molar-refractivity contribution is -0.254. The normalized spacial score (nSPS) is 18.1. The molecule has 3 nitrogen and oxygen atoms in total. The molecule has 1 aromatic heterocycles. The first-order valence-electron chi connectivity index (χ1n) is 9.84. The molecule has 0 radical (unpaired) electrons. The number of rotatable bonds is 2. The fourth-order valence-electron chi connectivity index (χ4n) is 4.15. The summed E-state index contributed by atoms with van der Waals surface area (Å²) >= 11 is 0. The van der Waals surface area contributed by atoms with E-state index < -0.39 is 5.97 Å². The van der Waals surface area contributed by atoms with Crippen molar-refractivity contribution in [3.63, 3.8) is 0 Å². The van der Waals surface area contributed by atoms with E-state index in [9.17, 15) is 14.3 Å². The van der Waals surface area contributed by atoms with Gasteiger partial charge >= 0.3 is 0 Å². The number of hydrogen-bond acceptors (Lipinski definition) is 3. The third-order valence-electron chi connectivity index (χ3n) is 5.88. The molecule has 1 aliphatic carbocycles. The number of carboxylic acids is 1. The van der Waals surface area contributed by atoms with E-state index in [1.54, 1.807) is 30.3 Å². The summed E-state index contributed by atoms with van der Waals surface area (Å²) in [7, 11) is 0. The highest BCUT2D eigenvalue weighted by Crippen LogP contribution is 2.44. The Morgan fingerprint density at radius 3 is 2.48 bits per heavy atom. The third kappa shape index (κ3) is 3.55. The van der Waals surface area contributed by atoms with Gasteiger partial charge in [-0.05, 0) is 53.5 Å². The Morgan fingerprint density at radius 2 is 1.79 bits per heavy atom. The zero-order valence-electron chi connectivity index (χ0n) is 16.8. The summed E-state index contributed by atoms with van der Waals surface area (Å²) in [5.74, 6) is -1.30. The first-order chi connectivity index (χ1) is 13.8. The van der Waals surface area contributed by atoms with Crippen molar-refractivity contribution in [3.8, 4) is 0 Å². The molecule has 0 aliphatic heterocycles. The number of aromatic nitrogens is 1. The van der Waals surface area contributed by atoms with E-state index in [1.807, 2.05) is 18.2 Å². The Kier molecular flexibility index (Phi) is 4.73. The van der Waals surface area contributed by atoms with Gasteiger partial charge in [0.25, 0.3) is 0 Å². The van der Waals surface area contributed by atoms with Crippen LogP contribution in [0.15, 0.2) is 48.5 Å². The summed E-state index contributed by atoms with van der Waals surface area (Å²) in [5, 5.41) is 12.7. The van der Waals surface area contributed by atoms with E-state index in [0.717, 1.165) is 5.57 Å². The zero-order chi connectivity index (χ0) is 20.8. The number of para-hydroxylation sites is 1. The van der Waals surface area contributed by atoms with Gasteiger partial charge in [-0.25, -0.2) is 9.37 Å². The van der Waals surface area contributed by atoms with Gasteiger partial charge < -0.3 is 9.90 Å². The van der Waals surface area contributed by atoms with Gasteiger partial charge in [0, 0.05) is 16.5 Å². The van der Waals surface area contributed by atoms with Gasteiger partial charge in [-0.1, -0.05) is 57.2 Å². The number of halogens is 1. The van der Waals surface area contributed by atoms with E-state index in [0.29, 0.717) is 40.6 Å². The number of hydrogen-bond donors (Lipinski definition) is 0. The fraction of sp³-hybridized carbons (Fsp3) is 0.280. The Labute approximate surface area is 169 Å². The number of pyridine rings is 1. The summed E-state index contributed by atoms with van der Waals surface area (Å²) in [6.07, 6.45) is 3.13. The number of fused-ring (bicyclic) bond motifs is 2. The summed E-state index contributed by atoms with van der Waals surface area (Å²) < 4.78 is 14.3. The Balaban J connectivity index is 2.02. The fourth-order valence-corrected chi connectivity index (χ4v) is 4.15. The van der Waals surface area contributed by atoms with Crippen molar-refractivity contribution >= 4 is 28.5 Å². The molecule has 4 rings (SSSR count). The van der Waals surface area contributed by atoms with Crippen LogP contribution in [-0.4, -0.2) is 11.0 Å². The van der Waals surface area contributed by atoms with Crippen LogP contribution in [0.4, 0.5) is 4.39 Å². The van der Waals surface area contributed by atoms with Crippen LogP contribution >= 0.6 is 0 Å². The van der Waals surface area contributed by atoms with Crippen LogP contribution in [0.2, 0.25) is 0 Å². The number of nitrogens with zero attached hydrogens (tertiary/aromatic N) is 1. The van der Waals surface area contributed by atoms with Gasteiger partial charge in [-0.3, -0.25) is 0 Å².